The SMILES string of the molecule is COC(=O)[C@H](CCC(=O)O)NC(=O)N[C@@H](CCCCNC(=O)CCCCCCC(=O)NC(CCCCNC(=O)CN1CCN(C)CCN(CC(=O)O)CCN(CC(=O)O)CC1)C(=O)OCc1ccccc1)C(=O)O. The Morgan fingerprint density at radius 1 is 0.514 bits per heavy atom. The number of rotatable bonds is 34. The lowest BCUT2D eigenvalue weighted by atomic mass is 10.1. The minimum atomic E-state index is -1.31. The summed E-state index contributed by atoms with van der Waals surface area (Å²) >= 11 is 0. The standard InChI is InChI=1S/C49H79N9O16/c1-55-24-26-56(28-29-58(34-45(66)67)31-30-57(27-25-55)33-44(64)65)32-42(61)51-23-13-11-17-38(48(71)74-35-36-14-6-5-7-15-36)52-41(60)19-9-4-3-8-18-40(59)50-22-12-10-16-37(46(68)69)53-49(72)54-39(47(70)73-2)20-21-43(62)63/h5-7,14-15,37-39H,3-4,8-13,16-35H2,1-2H3,(H,50,59)(H,51,61)(H,52,60)(H,62,63)(H,64,65)(H,66,67)(H,68,69)(H2,53,54,72)/t37-,38?,39-/m0/s1. The molecule has 25 nitrogen and oxygen atoms in total. The van der Waals surface area contributed by atoms with Crippen LogP contribution in [-0.4, -0.2) is 217 Å². The van der Waals surface area contributed by atoms with E-state index in [1.54, 1.807) is 9.80 Å². The largest absolute Gasteiger partial charge is 0.481 e. The number of esters is 2. The Labute approximate surface area is 432 Å². The topological polar surface area (TPSA) is 343 Å². The van der Waals surface area contributed by atoms with Crippen LogP contribution in [-0.2, 0) is 59.2 Å². The van der Waals surface area contributed by atoms with Crippen LogP contribution in [0.15, 0.2) is 30.3 Å². The Balaban J connectivity index is 1.76. The molecule has 0 aromatic heterocycles. The second-order valence-corrected chi connectivity index (χ2v) is 18.3. The van der Waals surface area contributed by atoms with Crippen molar-refractivity contribution < 1.29 is 77.8 Å². The molecule has 5 amide bonds. The molecule has 0 saturated carbocycles. The maximum atomic E-state index is 13.2. The number of unbranched alkanes of at least 4 members (excludes halogenated alkanes) is 5. The lowest BCUT2D eigenvalue weighted by Gasteiger charge is -2.32. The predicted octanol–water partition coefficient (Wildman–Crippen LogP) is 0.308. The van der Waals surface area contributed by atoms with E-state index in [-0.39, 0.29) is 82.6 Å². The fourth-order valence-electron chi connectivity index (χ4n) is 7.79. The first-order valence-electron chi connectivity index (χ1n) is 25.3. The number of nitrogens with zero attached hydrogens (tertiary/aromatic N) is 4. The van der Waals surface area contributed by atoms with Gasteiger partial charge in [-0.05, 0) is 70.4 Å². The number of amides is 5. The van der Waals surface area contributed by atoms with Crippen molar-refractivity contribution in [3.63, 3.8) is 0 Å². The third kappa shape index (κ3) is 30.6. The van der Waals surface area contributed by atoms with Gasteiger partial charge in [0.15, 0.2) is 0 Å². The highest BCUT2D eigenvalue weighted by atomic mass is 16.5. The van der Waals surface area contributed by atoms with Crippen LogP contribution in [0, 0.1) is 0 Å². The monoisotopic (exact) mass is 1050 g/mol. The van der Waals surface area contributed by atoms with Gasteiger partial charge in [-0.3, -0.25) is 43.5 Å². The number of nitrogens with one attached hydrogen (secondary N) is 5. The number of urea groups is 1. The van der Waals surface area contributed by atoms with Gasteiger partial charge < -0.3 is 61.4 Å². The molecule has 0 bridgehead atoms. The molecule has 0 radical (unpaired) electrons. The molecule has 9 N–H and O–H groups in total. The van der Waals surface area contributed by atoms with Gasteiger partial charge in [0.25, 0.3) is 0 Å². The van der Waals surface area contributed by atoms with E-state index < -0.39 is 66.4 Å². The molecule has 1 aliphatic rings. The first-order valence-corrected chi connectivity index (χ1v) is 25.3. The smallest absolute Gasteiger partial charge is 0.328 e. The van der Waals surface area contributed by atoms with E-state index in [1.165, 1.54) is 0 Å². The summed E-state index contributed by atoms with van der Waals surface area (Å²) in [5.41, 5.74) is 0.788. The summed E-state index contributed by atoms with van der Waals surface area (Å²) in [6.07, 6.45) is 4.20. The predicted molar refractivity (Wildman–Crippen MR) is 267 cm³/mol. The summed E-state index contributed by atoms with van der Waals surface area (Å²) in [5.74, 6) is -6.63. The van der Waals surface area contributed by atoms with Gasteiger partial charge in [-0.25, -0.2) is 19.2 Å². The normalized spacial score (nSPS) is 15.4. The van der Waals surface area contributed by atoms with Crippen molar-refractivity contribution in [2.45, 2.75) is 115 Å². The highest BCUT2D eigenvalue weighted by Gasteiger charge is 2.27. The Kier molecular flexibility index (Phi) is 32.1. The van der Waals surface area contributed by atoms with E-state index in [9.17, 15) is 63.3 Å². The summed E-state index contributed by atoms with van der Waals surface area (Å²) < 4.78 is 10.1. The molecule has 1 saturated heterocycles. The molecule has 25 heteroatoms. The average molecular weight is 1050 g/mol. The Hall–Kier alpha value is -6.44. The Morgan fingerprint density at radius 2 is 1.00 bits per heavy atom. The van der Waals surface area contributed by atoms with E-state index in [0.717, 1.165) is 12.7 Å². The number of carboxylic acids is 4. The van der Waals surface area contributed by atoms with Crippen LogP contribution >= 0.6 is 0 Å². The Morgan fingerprint density at radius 3 is 1.53 bits per heavy atom. The van der Waals surface area contributed by atoms with E-state index in [2.05, 4.69) is 36.2 Å². The van der Waals surface area contributed by atoms with Crippen molar-refractivity contribution in [2.75, 3.05) is 99.2 Å². The second kappa shape index (κ2) is 37.3. The molecule has 1 aromatic rings. The second-order valence-electron chi connectivity index (χ2n) is 18.3. The highest BCUT2D eigenvalue weighted by Crippen LogP contribution is 2.11. The summed E-state index contributed by atoms with van der Waals surface area (Å²) in [7, 11) is 3.00. The molecule has 1 unspecified atom stereocenters. The summed E-state index contributed by atoms with van der Waals surface area (Å²) in [4.78, 5) is 129. The van der Waals surface area contributed by atoms with Crippen molar-refractivity contribution in [3.05, 3.63) is 35.9 Å². The third-order valence-corrected chi connectivity index (χ3v) is 12.1. The zero-order valence-electron chi connectivity index (χ0n) is 42.9. The zero-order valence-corrected chi connectivity index (χ0v) is 42.9. The van der Waals surface area contributed by atoms with E-state index in [0.29, 0.717) is 110 Å². The van der Waals surface area contributed by atoms with Crippen molar-refractivity contribution in [1.82, 2.24) is 46.2 Å². The molecule has 1 fully saturated rings. The number of hydrogen-bond acceptors (Lipinski definition) is 16. The lowest BCUT2D eigenvalue weighted by Crippen LogP contribution is -2.51. The van der Waals surface area contributed by atoms with Gasteiger partial charge in [0.2, 0.25) is 17.7 Å². The number of likely N-dealkylation sites (N-methyl/N-ethyl adjacent to an activating group) is 1. The third-order valence-electron chi connectivity index (χ3n) is 12.1. The molecule has 2 rings (SSSR count). The number of ether oxygens (including phenoxy) is 2. The van der Waals surface area contributed by atoms with Crippen LogP contribution in [0.3, 0.4) is 0 Å². The van der Waals surface area contributed by atoms with Crippen molar-refractivity contribution in [3.8, 4) is 0 Å². The van der Waals surface area contributed by atoms with E-state index in [1.807, 2.05) is 42.3 Å². The quantitative estimate of drug-likeness (QED) is 0.0331. The fraction of sp³-hybridized carbons (Fsp3) is 0.673. The number of carbonyl (C=O) groups excluding carboxylic acids is 6. The number of carboxylic acid groups (broad SMARTS) is 4. The van der Waals surface area contributed by atoms with Crippen LogP contribution in [0.5, 0.6) is 0 Å². The summed E-state index contributed by atoms with van der Waals surface area (Å²) in [6, 6.07) is 4.67. The molecule has 1 heterocycles. The average Bonchev–Trinajstić information content (AvgIpc) is 3.35. The lowest BCUT2D eigenvalue weighted by molar-refractivity contribution is -0.149. The summed E-state index contributed by atoms with van der Waals surface area (Å²) in [6.45, 7) is 4.17. The first kappa shape index (κ1) is 63.7. The van der Waals surface area contributed by atoms with Gasteiger partial charge in [-0.15, -0.1) is 0 Å². The minimum absolute atomic E-state index is 0.0293. The van der Waals surface area contributed by atoms with Crippen molar-refractivity contribution in [1.29, 1.82) is 0 Å². The maximum absolute atomic E-state index is 13.2. The van der Waals surface area contributed by atoms with Crippen molar-refractivity contribution in [2.24, 2.45) is 0 Å². The van der Waals surface area contributed by atoms with Gasteiger partial charge in [0.1, 0.15) is 24.7 Å². The number of aliphatic carboxylic acids is 4. The van der Waals surface area contributed by atoms with Crippen LogP contribution in [0.4, 0.5) is 4.79 Å². The van der Waals surface area contributed by atoms with E-state index in [4.69, 9.17) is 9.84 Å². The van der Waals surface area contributed by atoms with Crippen molar-refractivity contribution >= 4 is 59.6 Å². The molecule has 416 valence electrons. The number of hydrogen-bond donors (Lipinski definition) is 9. The molecule has 0 spiro atoms. The Bertz CT molecular complexity index is 1930. The number of methoxy groups -OCH3 is 1. The van der Waals surface area contributed by atoms with Gasteiger partial charge in [-0.2, -0.15) is 0 Å². The fourth-order valence-corrected chi connectivity index (χ4v) is 7.79. The molecule has 74 heavy (non-hydrogen) atoms. The van der Waals surface area contributed by atoms with Gasteiger partial charge >= 0.3 is 41.8 Å². The number of carbonyl (C=O) groups is 10. The van der Waals surface area contributed by atoms with Crippen LogP contribution < -0.4 is 26.6 Å². The number of benzene rings is 1. The molecule has 1 aromatic carbocycles. The molecular weight excluding hydrogens is 971 g/mol. The zero-order chi connectivity index (χ0) is 54.7. The van der Waals surface area contributed by atoms with Crippen LogP contribution in [0.1, 0.15) is 95.5 Å². The van der Waals surface area contributed by atoms with Crippen LogP contribution in [0.25, 0.3) is 0 Å². The van der Waals surface area contributed by atoms with Gasteiger partial charge in [0, 0.05) is 84.7 Å². The van der Waals surface area contributed by atoms with Gasteiger partial charge in [-0.1, -0.05) is 43.2 Å². The molecular formula is C49H79N9O16. The molecule has 3 atom stereocenters. The highest BCUT2D eigenvalue weighted by molar-refractivity contribution is 5.87. The van der Waals surface area contributed by atoms with E-state index >= 15 is 0 Å². The minimum Gasteiger partial charge on any atom is -0.481 e. The molecule has 1 aliphatic heterocycles. The van der Waals surface area contributed by atoms with Gasteiger partial charge in [0.05, 0.1) is 26.7 Å². The first-order chi connectivity index (χ1) is 35.3. The summed E-state index contributed by atoms with van der Waals surface area (Å²) in [5, 5.41) is 50.3. The maximum Gasteiger partial charge on any atom is 0.328 e. The van der Waals surface area contributed by atoms with Crippen LogP contribution in [0.2, 0.25) is 0 Å². The molecule has 0 aliphatic carbocycles.